The number of hydrogen-bond donors (Lipinski definition) is 1. The van der Waals surface area contributed by atoms with Crippen LogP contribution in [0.2, 0.25) is 25.7 Å². The van der Waals surface area contributed by atoms with Gasteiger partial charge in [-0.15, -0.1) is 0 Å². The molecule has 2 rings (SSSR count). The Hall–Kier alpha value is -1.38. The number of hydrogen-bond acceptors (Lipinski definition) is 1. The van der Waals surface area contributed by atoms with E-state index in [0.717, 1.165) is 11.6 Å². The highest BCUT2D eigenvalue weighted by Gasteiger charge is 2.28. The number of benzene rings is 2. The first-order chi connectivity index (χ1) is 9.47. The monoisotopic (exact) mass is 284 g/mol. The Kier molecular flexibility index (Phi) is 4.79. The van der Waals surface area contributed by atoms with Gasteiger partial charge in [-0.05, 0) is 17.2 Å². The molecule has 0 aliphatic rings. The molecule has 0 aromatic heterocycles. The third kappa shape index (κ3) is 4.05. The summed E-state index contributed by atoms with van der Waals surface area (Å²) >= 11 is 0. The molecule has 1 nitrogen and oxygen atoms in total. The van der Waals surface area contributed by atoms with Crippen LogP contribution < -0.4 is 0 Å². The number of aliphatic hydroxyl groups excluding tert-OH is 1. The van der Waals surface area contributed by atoms with Crippen molar-refractivity contribution in [3.05, 3.63) is 71.8 Å². The van der Waals surface area contributed by atoms with Crippen LogP contribution in [0.3, 0.4) is 0 Å². The standard InChI is InChI=1S/C18H24OSi/c1-20(2,3)14-17(15-10-6-4-7-11-15)18(19)16-12-8-5-9-13-16/h4-13,17-19H,14H2,1-3H3/t17-,18+/m1/s1. The van der Waals surface area contributed by atoms with Crippen molar-refractivity contribution < 1.29 is 5.11 Å². The molecule has 0 amide bonds. The molecular formula is C18H24OSi. The van der Waals surface area contributed by atoms with Crippen LogP contribution in [0, 0.1) is 0 Å². The zero-order valence-corrected chi connectivity index (χ0v) is 13.6. The molecule has 2 atom stereocenters. The van der Waals surface area contributed by atoms with Gasteiger partial charge in [-0.25, -0.2) is 0 Å². The van der Waals surface area contributed by atoms with Crippen molar-refractivity contribution in [2.45, 2.75) is 37.7 Å². The van der Waals surface area contributed by atoms with Crippen molar-refractivity contribution in [2.75, 3.05) is 0 Å². The molecular weight excluding hydrogens is 260 g/mol. The van der Waals surface area contributed by atoms with Crippen molar-refractivity contribution in [3.8, 4) is 0 Å². The average Bonchev–Trinajstić information content (AvgIpc) is 2.45. The fourth-order valence-electron chi connectivity index (χ4n) is 2.65. The largest absolute Gasteiger partial charge is 0.388 e. The van der Waals surface area contributed by atoms with Crippen molar-refractivity contribution in [2.24, 2.45) is 0 Å². The Labute approximate surface area is 123 Å². The Morgan fingerprint density at radius 2 is 1.25 bits per heavy atom. The summed E-state index contributed by atoms with van der Waals surface area (Å²) in [5.41, 5.74) is 2.26. The minimum absolute atomic E-state index is 0.185. The van der Waals surface area contributed by atoms with E-state index < -0.39 is 14.2 Å². The highest BCUT2D eigenvalue weighted by molar-refractivity contribution is 6.76. The molecule has 20 heavy (non-hydrogen) atoms. The lowest BCUT2D eigenvalue weighted by Crippen LogP contribution is -2.26. The van der Waals surface area contributed by atoms with E-state index in [-0.39, 0.29) is 5.92 Å². The summed E-state index contributed by atoms with van der Waals surface area (Å²) in [5, 5.41) is 10.8. The summed E-state index contributed by atoms with van der Waals surface area (Å²) < 4.78 is 0. The molecule has 0 spiro atoms. The molecule has 0 aliphatic heterocycles. The van der Waals surface area contributed by atoms with Crippen LogP contribution in [0.25, 0.3) is 0 Å². The zero-order chi connectivity index (χ0) is 14.6. The quantitative estimate of drug-likeness (QED) is 0.779. The Balaban J connectivity index is 2.32. The second kappa shape index (κ2) is 6.38. The highest BCUT2D eigenvalue weighted by Crippen LogP contribution is 2.37. The van der Waals surface area contributed by atoms with Gasteiger partial charge in [-0.2, -0.15) is 0 Å². The molecule has 2 heteroatoms. The first kappa shape index (κ1) is 15.0. The molecule has 1 N–H and O–H groups in total. The number of aliphatic hydroxyl groups is 1. The minimum Gasteiger partial charge on any atom is -0.388 e. The van der Waals surface area contributed by atoms with Crippen molar-refractivity contribution in [1.82, 2.24) is 0 Å². The Bertz CT molecular complexity index is 516. The van der Waals surface area contributed by atoms with Gasteiger partial charge >= 0.3 is 0 Å². The maximum atomic E-state index is 10.8. The van der Waals surface area contributed by atoms with Crippen LogP contribution in [0.15, 0.2) is 60.7 Å². The summed E-state index contributed by atoms with van der Waals surface area (Å²) in [6.07, 6.45) is -0.426. The van der Waals surface area contributed by atoms with Gasteiger partial charge in [0.1, 0.15) is 0 Å². The third-order valence-electron chi connectivity index (χ3n) is 3.58. The Morgan fingerprint density at radius 1 is 0.800 bits per heavy atom. The SMILES string of the molecule is C[Si](C)(C)C[C@H](c1ccccc1)[C@@H](O)c1ccccc1. The normalized spacial score (nSPS) is 14.8. The van der Waals surface area contributed by atoms with Gasteiger partial charge in [0, 0.05) is 14.0 Å². The zero-order valence-electron chi connectivity index (χ0n) is 12.6. The molecule has 0 unspecified atom stereocenters. The van der Waals surface area contributed by atoms with Crippen molar-refractivity contribution in [1.29, 1.82) is 0 Å². The molecule has 2 aromatic carbocycles. The third-order valence-corrected chi connectivity index (χ3v) is 5.25. The summed E-state index contributed by atoms with van der Waals surface area (Å²) in [6, 6.07) is 21.5. The van der Waals surface area contributed by atoms with E-state index in [1.807, 2.05) is 36.4 Å². The minimum atomic E-state index is -1.26. The lowest BCUT2D eigenvalue weighted by molar-refractivity contribution is 0.151. The molecule has 0 bridgehead atoms. The van der Waals surface area contributed by atoms with Gasteiger partial charge in [-0.1, -0.05) is 80.3 Å². The predicted octanol–water partition coefficient (Wildman–Crippen LogP) is 4.84. The van der Waals surface area contributed by atoms with Gasteiger partial charge in [-0.3, -0.25) is 0 Å². The van der Waals surface area contributed by atoms with E-state index in [0.29, 0.717) is 0 Å². The molecule has 0 saturated heterocycles. The van der Waals surface area contributed by atoms with Crippen molar-refractivity contribution in [3.63, 3.8) is 0 Å². The molecule has 0 saturated carbocycles. The maximum Gasteiger partial charge on any atom is 0.0855 e. The first-order valence-corrected chi connectivity index (χ1v) is 11.0. The maximum absolute atomic E-state index is 10.8. The topological polar surface area (TPSA) is 20.2 Å². The van der Waals surface area contributed by atoms with E-state index in [1.54, 1.807) is 0 Å². The summed E-state index contributed by atoms with van der Waals surface area (Å²) in [7, 11) is -1.26. The van der Waals surface area contributed by atoms with Crippen LogP contribution in [0.1, 0.15) is 23.1 Å². The van der Waals surface area contributed by atoms with Gasteiger partial charge in [0.15, 0.2) is 0 Å². The fraction of sp³-hybridized carbons (Fsp3) is 0.333. The number of rotatable bonds is 5. The van der Waals surface area contributed by atoms with Gasteiger partial charge in [0.25, 0.3) is 0 Å². The smallest absolute Gasteiger partial charge is 0.0855 e. The van der Waals surface area contributed by atoms with Crippen LogP contribution in [-0.2, 0) is 0 Å². The van der Waals surface area contributed by atoms with Crippen LogP contribution in [0.5, 0.6) is 0 Å². The summed E-state index contributed by atoms with van der Waals surface area (Å²) in [4.78, 5) is 0. The summed E-state index contributed by atoms with van der Waals surface area (Å²) in [6.45, 7) is 7.09. The lowest BCUT2D eigenvalue weighted by atomic mass is 9.90. The molecule has 0 radical (unpaired) electrons. The van der Waals surface area contributed by atoms with Crippen molar-refractivity contribution >= 4 is 8.07 Å². The van der Waals surface area contributed by atoms with Crippen LogP contribution >= 0.6 is 0 Å². The van der Waals surface area contributed by atoms with Gasteiger partial charge in [0.2, 0.25) is 0 Å². The highest BCUT2D eigenvalue weighted by atomic mass is 28.3. The molecule has 0 aliphatic carbocycles. The van der Waals surface area contributed by atoms with E-state index in [2.05, 4.69) is 43.9 Å². The second-order valence-electron chi connectivity index (χ2n) is 6.64. The second-order valence-corrected chi connectivity index (χ2v) is 12.2. The fourth-order valence-corrected chi connectivity index (χ4v) is 4.43. The first-order valence-electron chi connectivity index (χ1n) is 7.25. The van der Waals surface area contributed by atoms with E-state index in [4.69, 9.17) is 0 Å². The van der Waals surface area contributed by atoms with E-state index in [9.17, 15) is 5.11 Å². The van der Waals surface area contributed by atoms with Gasteiger partial charge < -0.3 is 5.11 Å². The average molecular weight is 284 g/mol. The lowest BCUT2D eigenvalue weighted by Gasteiger charge is -2.29. The summed E-state index contributed by atoms with van der Waals surface area (Å²) in [5.74, 6) is 0.185. The van der Waals surface area contributed by atoms with Crippen LogP contribution in [0.4, 0.5) is 0 Å². The molecule has 0 fully saturated rings. The molecule has 106 valence electrons. The predicted molar refractivity (Wildman–Crippen MR) is 88.7 cm³/mol. The van der Waals surface area contributed by atoms with Gasteiger partial charge in [0.05, 0.1) is 6.10 Å². The molecule has 2 aromatic rings. The molecule has 0 heterocycles. The van der Waals surface area contributed by atoms with Crippen LogP contribution in [-0.4, -0.2) is 13.2 Å². The van der Waals surface area contributed by atoms with E-state index >= 15 is 0 Å². The van der Waals surface area contributed by atoms with E-state index in [1.165, 1.54) is 5.56 Å². The Morgan fingerprint density at radius 3 is 1.70 bits per heavy atom.